The van der Waals surface area contributed by atoms with Crippen molar-refractivity contribution in [3.05, 3.63) is 83.6 Å². The SMILES string of the molecule is O=C(O[C@H]1CN[C@H](C#Cc2cc3ncnc(Nc4ccc5c(ccn5Cc5ccccc5)c4)c3s2)C1)N1CCOCC1. The lowest BCUT2D eigenvalue weighted by atomic mass is 10.2. The lowest BCUT2D eigenvalue weighted by Gasteiger charge is -2.27. The van der Waals surface area contributed by atoms with Crippen LogP contribution in [0.5, 0.6) is 0 Å². The fourth-order valence-electron chi connectivity index (χ4n) is 5.36. The van der Waals surface area contributed by atoms with Crippen molar-refractivity contribution in [2.45, 2.75) is 25.1 Å². The predicted molar refractivity (Wildman–Crippen MR) is 164 cm³/mol. The van der Waals surface area contributed by atoms with Gasteiger partial charge in [0.2, 0.25) is 0 Å². The van der Waals surface area contributed by atoms with E-state index in [1.54, 1.807) is 22.6 Å². The van der Waals surface area contributed by atoms with Gasteiger partial charge in [0, 0.05) is 55.4 Å². The lowest BCUT2D eigenvalue weighted by Crippen LogP contribution is -2.42. The Morgan fingerprint density at radius 2 is 2.00 bits per heavy atom. The molecule has 1 amide bonds. The number of nitrogens with zero attached hydrogens (tertiary/aromatic N) is 4. The fourth-order valence-corrected chi connectivity index (χ4v) is 6.28. The van der Waals surface area contributed by atoms with Crippen LogP contribution in [0.15, 0.2) is 73.2 Å². The van der Waals surface area contributed by atoms with Gasteiger partial charge in [-0.2, -0.15) is 0 Å². The summed E-state index contributed by atoms with van der Waals surface area (Å²) in [4.78, 5) is 24.0. The Morgan fingerprint density at radius 1 is 1.12 bits per heavy atom. The first-order valence-electron chi connectivity index (χ1n) is 14.1. The maximum absolute atomic E-state index is 12.4. The van der Waals surface area contributed by atoms with E-state index in [1.165, 1.54) is 11.1 Å². The molecule has 2 aliphatic rings. The summed E-state index contributed by atoms with van der Waals surface area (Å²) in [7, 11) is 0. The average molecular weight is 579 g/mol. The van der Waals surface area contributed by atoms with Crippen molar-refractivity contribution in [3.63, 3.8) is 0 Å². The second kappa shape index (κ2) is 11.8. The van der Waals surface area contributed by atoms with Crippen LogP contribution in [-0.2, 0) is 16.0 Å². The third-order valence-corrected chi connectivity index (χ3v) is 8.58. The van der Waals surface area contributed by atoms with Gasteiger partial charge in [-0.1, -0.05) is 42.2 Å². The number of benzene rings is 2. The van der Waals surface area contributed by atoms with Gasteiger partial charge in [0.15, 0.2) is 5.82 Å². The zero-order valence-corrected chi connectivity index (χ0v) is 23.8. The van der Waals surface area contributed by atoms with E-state index >= 15 is 0 Å². The first-order chi connectivity index (χ1) is 20.7. The summed E-state index contributed by atoms with van der Waals surface area (Å²) >= 11 is 1.57. The topological polar surface area (TPSA) is 93.5 Å². The predicted octanol–water partition coefficient (Wildman–Crippen LogP) is 4.99. The molecule has 5 heterocycles. The normalized spacial score (nSPS) is 18.6. The molecule has 2 N–H and O–H groups in total. The largest absolute Gasteiger partial charge is 0.445 e. The molecular formula is C32H30N6O3S. The lowest BCUT2D eigenvalue weighted by molar-refractivity contribution is 0.0156. The van der Waals surface area contributed by atoms with E-state index in [2.05, 4.69) is 91.7 Å². The Balaban J connectivity index is 1.02. The second-order valence-electron chi connectivity index (χ2n) is 10.4. The summed E-state index contributed by atoms with van der Waals surface area (Å²) in [6.45, 7) is 3.69. The molecule has 2 aromatic carbocycles. The standard InChI is InChI=1S/C32H30N6O3S/c39-32(37-12-14-40-15-13-37)41-26-17-24(33-19-26)6-8-27-18-28-30(42-27)31(35-21-34-28)36-25-7-9-29-23(16-25)10-11-38(29)20-22-4-2-1-3-5-22/h1-5,7,9-11,16,18,21,24,26,33H,12-15,17,19-20H2,(H,34,35,36)/t24-,26-/m1/s1. The van der Waals surface area contributed by atoms with Crippen LogP contribution in [0.2, 0.25) is 0 Å². The number of fused-ring (bicyclic) bond motifs is 2. The molecule has 7 rings (SSSR count). The molecule has 0 bridgehead atoms. The van der Waals surface area contributed by atoms with Crippen molar-refractivity contribution in [3.8, 4) is 11.8 Å². The van der Waals surface area contributed by atoms with Crippen LogP contribution >= 0.6 is 11.3 Å². The zero-order valence-electron chi connectivity index (χ0n) is 23.0. The van der Waals surface area contributed by atoms with E-state index in [9.17, 15) is 4.79 Å². The molecule has 212 valence electrons. The Hall–Kier alpha value is -4.43. The van der Waals surface area contributed by atoms with Gasteiger partial charge in [-0.15, -0.1) is 11.3 Å². The molecule has 2 aliphatic heterocycles. The summed E-state index contributed by atoms with van der Waals surface area (Å²) in [5.41, 5.74) is 4.28. The summed E-state index contributed by atoms with van der Waals surface area (Å²) in [6.07, 6.45) is 3.91. The molecule has 2 fully saturated rings. The van der Waals surface area contributed by atoms with Gasteiger partial charge in [-0.25, -0.2) is 14.8 Å². The Morgan fingerprint density at radius 3 is 2.88 bits per heavy atom. The minimum absolute atomic E-state index is 0.0395. The van der Waals surface area contributed by atoms with Crippen LogP contribution in [0, 0.1) is 11.8 Å². The minimum atomic E-state index is -0.272. The zero-order chi connectivity index (χ0) is 28.3. The Kier molecular flexibility index (Phi) is 7.45. The van der Waals surface area contributed by atoms with E-state index in [1.807, 2.05) is 12.1 Å². The van der Waals surface area contributed by atoms with Gasteiger partial charge in [-0.3, -0.25) is 5.32 Å². The molecular weight excluding hydrogens is 548 g/mol. The molecule has 10 heteroatoms. The number of hydrogen-bond donors (Lipinski definition) is 2. The summed E-state index contributed by atoms with van der Waals surface area (Å²) in [5, 5.41) is 8.01. The van der Waals surface area contributed by atoms with Crippen LogP contribution < -0.4 is 10.6 Å². The average Bonchev–Trinajstić information content (AvgIpc) is 3.76. The molecule has 42 heavy (non-hydrogen) atoms. The highest BCUT2D eigenvalue weighted by Gasteiger charge is 2.28. The number of carbonyl (C=O) groups is 1. The van der Waals surface area contributed by atoms with Gasteiger partial charge in [0.1, 0.15) is 12.4 Å². The number of hydrogen-bond acceptors (Lipinski definition) is 8. The second-order valence-corrected chi connectivity index (χ2v) is 11.5. The molecule has 0 aliphatic carbocycles. The highest BCUT2D eigenvalue weighted by Crippen LogP contribution is 2.31. The number of aromatic nitrogens is 3. The maximum Gasteiger partial charge on any atom is 0.410 e. The van der Waals surface area contributed by atoms with Gasteiger partial charge >= 0.3 is 6.09 Å². The Bertz CT molecular complexity index is 1780. The number of nitrogens with one attached hydrogen (secondary N) is 2. The van der Waals surface area contributed by atoms with Gasteiger partial charge in [-0.05, 0) is 35.9 Å². The molecule has 2 saturated heterocycles. The van der Waals surface area contributed by atoms with E-state index in [4.69, 9.17) is 9.47 Å². The molecule has 2 atom stereocenters. The third-order valence-electron chi connectivity index (χ3n) is 7.54. The van der Waals surface area contributed by atoms with Crippen molar-refractivity contribution in [1.82, 2.24) is 24.8 Å². The highest BCUT2D eigenvalue weighted by atomic mass is 32.1. The number of morpholine rings is 1. The van der Waals surface area contributed by atoms with Crippen LogP contribution in [-0.4, -0.2) is 70.5 Å². The summed E-state index contributed by atoms with van der Waals surface area (Å²) in [6, 6.07) is 20.9. The molecule has 0 spiro atoms. The third kappa shape index (κ3) is 5.81. The van der Waals surface area contributed by atoms with E-state index < -0.39 is 0 Å². The summed E-state index contributed by atoms with van der Waals surface area (Å²) < 4.78 is 14.2. The molecule has 3 aromatic heterocycles. The van der Waals surface area contributed by atoms with Crippen molar-refractivity contribution >= 4 is 50.1 Å². The Labute approximate surface area is 247 Å². The van der Waals surface area contributed by atoms with E-state index in [0.29, 0.717) is 39.3 Å². The van der Waals surface area contributed by atoms with Crippen LogP contribution in [0.4, 0.5) is 16.3 Å². The van der Waals surface area contributed by atoms with Crippen molar-refractivity contribution in [2.24, 2.45) is 0 Å². The molecule has 0 unspecified atom stereocenters. The number of ether oxygens (including phenoxy) is 2. The van der Waals surface area contributed by atoms with Crippen molar-refractivity contribution < 1.29 is 14.3 Å². The van der Waals surface area contributed by atoms with Crippen LogP contribution in [0.25, 0.3) is 21.1 Å². The molecule has 9 nitrogen and oxygen atoms in total. The number of thiophene rings is 1. The van der Waals surface area contributed by atoms with Crippen LogP contribution in [0.3, 0.4) is 0 Å². The maximum atomic E-state index is 12.4. The number of rotatable bonds is 5. The quantitative estimate of drug-likeness (QED) is 0.284. The number of carbonyl (C=O) groups excluding carboxylic acids is 1. The first-order valence-corrected chi connectivity index (χ1v) is 14.9. The molecule has 0 saturated carbocycles. The molecule has 0 radical (unpaired) electrons. The van der Waals surface area contributed by atoms with Crippen molar-refractivity contribution in [1.29, 1.82) is 0 Å². The first kappa shape index (κ1) is 26.5. The molecule has 5 aromatic rings. The smallest absolute Gasteiger partial charge is 0.410 e. The fraction of sp³-hybridized carbons (Fsp3) is 0.281. The van der Waals surface area contributed by atoms with E-state index in [0.717, 1.165) is 38.5 Å². The van der Waals surface area contributed by atoms with Gasteiger partial charge in [0.05, 0.1) is 34.3 Å². The highest BCUT2D eigenvalue weighted by molar-refractivity contribution is 7.20. The number of anilines is 2. The minimum Gasteiger partial charge on any atom is -0.445 e. The van der Waals surface area contributed by atoms with Gasteiger partial charge in [0.25, 0.3) is 0 Å². The number of amides is 1. The summed E-state index contributed by atoms with van der Waals surface area (Å²) in [5.74, 6) is 7.35. The monoisotopic (exact) mass is 578 g/mol. The van der Waals surface area contributed by atoms with Gasteiger partial charge < -0.3 is 24.3 Å². The van der Waals surface area contributed by atoms with Crippen LogP contribution in [0.1, 0.15) is 16.9 Å². The van der Waals surface area contributed by atoms with E-state index in [-0.39, 0.29) is 18.2 Å². The van der Waals surface area contributed by atoms with Crippen molar-refractivity contribution in [2.75, 3.05) is 38.2 Å².